The lowest BCUT2D eigenvalue weighted by atomic mass is 9.92. The van der Waals surface area contributed by atoms with E-state index in [1.807, 2.05) is 20.1 Å². The van der Waals surface area contributed by atoms with Gasteiger partial charge in [0.2, 0.25) is 0 Å². The van der Waals surface area contributed by atoms with E-state index in [0.29, 0.717) is 5.92 Å². The summed E-state index contributed by atoms with van der Waals surface area (Å²) >= 11 is 0. The van der Waals surface area contributed by atoms with Gasteiger partial charge in [-0.3, -0.25) is 0 Å². The Morgan fingerprint density at radius 3 is 2.37 bits per heavy atom. The van der Waals surface area contributed by atoms with Crippen molar-refractivity contribution in [1.82, 2.24) is 0 Å². The number of rotatable bonds is 11. The van der Waals surface area contributed by atoms with E-state index in [2.05, 4.69) is 25.9 Å². The fraction of sp³-hybridized carbons (Fsp3) is 0.824. The molecule has 0 saturated carbocycles. The Bertz CT molecular complexity index is 254. The van der Waals surface area contributed by atoms with Crippen LogP contribution in [0.1, 0.15) is 79.6 Å². The van der Waals surface area contributed by atoms with E-state index < -0.39 is 0 Å². The second kappa shape index (κ2) is 12.3. The maximum Gasteiger partial charge on any atom is 0.120 e. The van der Waals surface area contributed by atoms with E-state index in [0.717, 1.165) is 11.5 Å². The molecule has 0 aromatic carbocycles. The zero-order valence-electron chi connectivity index (χ0n) is 13.6. The predicted molar refractivity (Wildman–Crippen MR) is 85.3 cm³/mol. The molecule has 0 aliphatic rings. The highest BCUT2D eigenvalue weighted by atomic mass is 16.6. The molecule has 0 fully saturated rings. The van der Waals surface area contributed by atoms with Crippen LogP contribution in [0.3, 0.4) is 0 Å². The van der Waals surface area contributed by atoms with Crippen LogP contribution in [0.15, 0.2) is 17.0 Å². The van der Waals surface area contributed by atoms with Gasteiger partial charge in [0.05, 0.1) is 0 Å². The molecular formula is C17H33NO. The van der Waals surface area contributed by atoms with Gasteiger partial charge in [-0.2, -0.15) is 0 Å². The number of oxime groups is 1. The molecule has 0 aromatic rings. The van der Waals surface area contributed by atoms with E-state index in [1.165, 1.54) is 44.9 Å². The van der Waals surface area contributed by atoms with Gasteiger partial charge in [0.15, 0.2) is 0 Å². The monoisotopic (exact) mass is 267 g/mol. The van der Waals surface area contributed by atoms with Crippen LogP contribution in [0.5, 0.6) is 0 Å². The molecule has 2 nitrogen and oxygen atoms in total. The molecule has 0 aromatic heterocycles. The Hall–Kier alpha value is -0.790. The maximum atomic E-state index is 5.07. The highest BCUT2D eigenvalue weighted by Gasteiger charge is 2.06. The Morgan fingerprint density at radius 2 is 1.79 bits per heavy atom. The van der Waals surface area contributed by atoms with E-state index in [1.54, 1.807) is 6.26 Å². The van der Waals surface area contributed by atoms with Crippen molar-refractivity contribution in [2.45, 2.75) is 79.6 Å². The molecule has 0 rings (SSSR count). The molecule has 2 unspecified atom stereocenters. The summed E-state index contributed by atoms with van der Waals surface area (Å²) < 4.78 is 0. The largest absolute Gasteiger partial charge is 0.365 e. The highest BCUT2D eigenvalue weighted by Crippen LogP contribution is 2.20. The SMILES string of the molecule is CCCCC(CC)CCCC(C)/C=N\OC=C(C)C. The molecular weight excluding hydrogens is 234 g/mol. The Balaban J connectivity index is 3.71. The second-order valence-corrected chi connectivity index (χ2v) is 5.88. The lowest BCUT2D eigenvalue weighted by molar-refractivity contribution is 0.264. The molecule has 0 saturated heterocycles. The highest BCUT2D eigenvalue weighted by molar-refractivity contribution is 5.59. The first-order valence-electron chi connectivity index (χ1n) is 7.92. The number of allylic oxidation sites excluding steroid dienone is 1. The summed E-state index contributed by atoms with van der Waals surface area (Å²) in [4.78, 5) is 5.07. The van der Waals surface area contributed by atoms with Crippen LogP contribution < -0.4 is 0 Å². The van der Waals surface area contributed by atoms with Crippen molar-refractivity contribution in [3.63, 3.8) is 0 Å². The fourth-order valence-corrected chi connectivity index (χ4v) is 2.12. The van der Waals surface area contributed by atoms with Crippen molar-refractivity contribution in [2.75, 3.05) is 0 Å². The summed E-state index contributed by atoms with van der Waals surface area (Å²) in [6.07, 6.45) is 12.9. The summed E-state index contributed by atoms with van der Waals surface area (Å²) in [7, 11) is 0. The molecule has 2 atom stereocenters. The van der Waals surface area contributed by atoms with Gasteiger partial charge in [-0.15, -0.1) is 0 Å². The van der Waals surface area contributed by atoms with Crippen LogP contribution in [0, 0.1) is 11.8 Å². The third kappa shape index (κ3) is 12.0. The minimum absolute atomic E-state index is 0.509. The van der Waals surface area contributed by atoms with Crippen molar-refractivity contribution in [1.29, 1.82) is 0 Å². The average Bonchev–Trinajstić information content (AvgIpc) is 2.38. The van der Waals surface area contributed by atoms with Crippen LogP contribution in [-0.4, -0.2) is 6.21 Å². The molecule has 0 spiro atoms. The summed E-state index contributed by atoms with van der Waals surface area (Å²) in [5.41, 5.74) is 1.13. The minimum Gasteiger partial charge on any atom is -0.365 e. The lowest BCUT2D eigenvalue weighted by Crippen LogP contribution is -2.02. The van der Waals surface area contributed by atoms with E-state index in [9.17, 15) is 0 Å². The fourth-order valence-electron chi connectivity index (χ4n) is 2.12. The smallest absolute Gasteiger partial charge is 0.120 e. The van der Waals surface area contributed by atoms with Gasteiger partial charge in [0.1, 0.15) is 6.26 Å². The molecule has 0 aliphatic heterocycles. The summed E-state index contributed by atoms with van der Waals surface area (Å²) in [6.45, 7) is 10.8. The maximum absolute atomic E-state index is 5.07. The van der Waals surface area contributed by atoms with Gasteiger partial charge in [-0.1, -0.05) is 64.5 Å². The zero-order chi connectivity index (χ0) is 14.5. The second-order valence-electron chi connectivity index (χ2n) is 5.88. The topological polar surface area (TPSA) is 21.6 Å². The van der Waals surface area contributed by atoms with Crippen molar-refractivity contribution >= 4 is 6.21 Å². The Morgan fingerprint density at radius 1 is 1.11 bits per heavy atom. The molecule has 0 bridgehead atoms. The third-order valence-electron chi connectivity index (χ3n) is 3.48. The third-order valence-corrected chi connectivity index (χ3v) is 3.48. The van der Waals surface area contributed by atoms with Crippen molar-refractivity contribution in [3.05, 3.63) is 11.8 Å². The summed E-state index contributed by atoms with van der Waals surface area (Å²) in [5, 5.41) is 3.98. The molecule has 19 heavy (non-hydrogen) atoms. The van der Waals surface area contributed by atoms with Gasteiger partial charge in [0.25, 0.3) is 0 Å². The standard InChI is InChI=1S/C17H33NO/c1-6-8-11-17(7-2)12-9-10-16(5)13-18-19-14-15(3)4/h13-14,16-17H,6-12H2,1-5H3/b18-13-. The average molecular weight is 267 g/mol. The summed E-state index contributed by atoms with van der Waals surface area (Å²) in [5.74, 6) is 1.43. The molecule has 0 amide bonds. The first-order chi connectivity index (χ1) is 9.10. The van der Waals surface area contributed by atoms with E-state index in [-0.39, 0.29) is 0 Å². The van der Waals surface area contributed by atoms with Gasteiger partial charge in [-0.25, -0.2) is 0 Å². The van der Waals surface area contributed by atoms with Crippen molar-refractivity contribution in [3.8, 4) is 0 Å². The van der Waals surface area contributed by atoms with Crippen LogP contribution in [0.4, 0.5) is 0 Å². The number of unbranched alkanes of at least 4 members (excludes halogenated alkanes) is 1. The van der Waals surface area contributed by atoms with Crippen molar-refractivity contribution < 1.29 is 4.84 Å². The molecule has 0 N–H and O–H groups in total. The molecule has 0 radical (unpaired) electrons. The Kier molecular flexibility index (Phi) is 11.7. The zero-order valence-corrected chi connectivity index (χ0v) is 13.6. The quantitative estimate of drug-likeness (QED) is 0.258. The van der Waals surface area contributed by atoms with Crippen LogP contribution in [0.2, 0.25) is 0 Å². The van der Waals surface area contributed by atoms with Crippen LogP contribution >= 0.6 is 0 Å². The van der Waals surface area contributed by atoms with Crippen molar-refractivity contribution in [2.24, 2.45) is 17.0 Å². The normalized spacial score (nSPS) is 14.4. The summed E-state index contributed by atoms with van der Waals surface area (Å²) in [6, 6.07) is 0. The lowest BCUT2D eigenvalue weighted by Gasteiger charge is -2.14. The van der Waals surface area contributed by atoms with Gasteiger partial charge >= 0.3 is 0 Å². The molecule has 2 heteroatoms. The molecule has 112 valence electrons. The predicted octanol–water partition coefficient (Wildman–Crippen LogP) is 5.94. The van der Waals surface area contributed by atoms with E-state index in [4.69, 9.17) is 4.84 Å². The van der Waals surface area contributed by atoms with Crippen LogP contribution in [-0.2, 0) is 4.84 Å². The van der Waals surface area contributed by atoms with Gasteiger partial charge < -0.3 is 4.84 Å². The first kappa shape index (κ1) is 18.2. The minimum atomic E-state index is 0.509. The number of hydrogen-bond acceptors (Lipinski definition) is 2. The number of hydrogen-bond donors (Lipinski definition) is 0. The van der Waals surface area contributed by atoms with E-state index >= 15 is 0 Å². The molecule has 0 aliphatic carbocycles. The van der Waals surface area contributed by atoms with Gasteiger partial charge in [-0.05, 0) is 37.7 Å². The Labute approximate surface area is 120 Å². The molecule has 0 heterocycles. The van der Waals surface area contributed by atoms with Crippen LogP contribution in [0.25, 0.3) is 0 Å². The number of nitrogens with zero attached hydrogens (tertiary/aromatic N) is 1. The van der Waals surface area contributed by atoms with Gasteiger partial charge in [0, 0.05) is 6.21 Å². The first-order valence-corrected chi connectivity index (χ1v) is 7.92.